The first-order valence-corrected chi connectivity index (χ1v) is 11.6. The van der Waals surface area contributed by atoms with Crippen molar-refractivity contribution in [1.29, 1.82) is 0 Å². The summed E-state index contributed by atoms with van der Waals surface area (Å²) >= 11 is 0. The number of hydrogen-bond acceptors (Lipinski definition) is 7. The number of nitrogens with one attached hydrogen (secondary N) is 6. The maximum Gasteiger partial charge on any atom is 0.245 e. The van der Waals surface area contributed by atoms with Gasteiger partial charge in [-0.2, -0.15) is 0 Å². The lowest BCUT2D eigenvalue weighted by atomic mass is 9.97. The molecular weight excluding hydrogens is 474 g/mol. The van der Waals surface area contributed by atoms with Gasteiger partial charge in [0.05, 0.1) is 32.7 Å². The quantitative estimate of drug-likeness (QED) is 0.182. The first-order valence-electron chi connectivity index (χ1n) is 11.6. The van der Waals surface area contributed by atoms with E-state index >= 15 is 0 Å². The summed E-state index contributed by atoms with van der Waals surface area (Å²) in [6.07, 6.45) is 0.772. The molecule has 14 heteroatoms. The molecule has 2 unspecified atom stereocenters. The maximum absolute atomic E-state index is 13.2. The van der Waals surface area contributed by atoms with Crippen LogP contribution in [0.5, 0.6) is 0 Å². The number of fused-ring (bicyclic) bond motifs is 2. The van der Waals surface area contributed by atoms with Crippen LogP contribution < -0.4 is 31.9 Å². The van der Waals surface area contributed by atoms with Crippen molar-refractivity contribution in [3.05, 3.63) is 11.1 Å². The molecule has 0 radical (unpaired) electrons. The number of nitrogens with zero attached hydrogens (tertiary/aromatic N) is 1. The van der Waals surface area contributed by atoms with E-state index in [1.807, 2.05) is 13.8 Å². The van der Waals surface area contributed by atoms with Crippen molar-refractivity contribution in [2.75, 3.05) is 39.3 Å². The van der Waals surface area contributed by atoms with Crippen molar-refractivity contribution in [2.45, 2.75) is 45.7 Å². The Kier molecular flexibility index (Phi) is 10.4. The lowest BCUT2D eigenvalue weighted by molar-refractivity contribution is -0.140. The van der Waals surface area contributed by atoms with E-state index in [-0.39, 0.29) is 19.5 Å². The molecule has 2 rings (SSSR count). The van der Waals surface area contributed by atoms with E-state index in [0.29, 0.717) is 6.42 Å². The fourth-order valence-electron chi connectivity index (χ4n) is 3.47. The molecule has 0 aromatic heterocycles. The number of rotatable bonds is 0. The third-order valence-electron chi connectivity index (χ3n) is 5.81. The van der Waals surface area contributed by atoms with E-state index in [1.165, 1.54) is 11.8 Å². The van der Waals surface area contributed by atoms with Gasteiger partial charge in [-0.25, -0.2) is 0 Å². The molecule has 0 aliphatic carbocycles. The predicted molar refractivity (Wildman–Crippen MR) is 126 cm³/mol. The summed E-state index contributed by atoms with van der Waals surface area (Å²) in [5.74, 6) is -4.27. The topological polar surface area (TPSA) is 195 Å². The molecule has 0 aromatic rings. The van der Waals surface area contributed by atoms with Gasteiger partial charge in [-0.1, -0.05) is 11.1 Å². The average molecular weight is 508 g/mol. The molecule has 2 heterocycles. The normalized spacial score (nSPS) is 26.6. The molecule has 36 heavy (non-hydrogen) atoms. The van der Waals surface area contributed by atoms with Crippen LogP contribution in [0, 0.1) is 0 Å². The van der Waals surface area contributed by atoms with Gasteiger partial charge in [0, 0.05) is 6.54 Å². The van der Waals surface area contributed by atoms with Gasteiger partial charge in [-0.15, -0.1) is 0 Å². The van der Waals surface area contributed by atoms with Crippen molar-refractivity contribution >= 4 is 41.4 Å². The van der Waals surface area contributed by atoms with Gasteiger partial charge < -0.3 is 36.8 Å². The Bertz CT molecular complexity index is 962. The molecule has 6 N–H and O–H groups in total. The molecule has 0 aromatic carbocycles. The second-order valence-electron chi connectivity index (χ2n) is 8.73. The van der Waals surface area contributed by atoms with Crippen LogP contribution in [0.3, 0.4) is 0 Å². The molecule has 2 aliphatic heterocycles. The Balaban J connectivity index is 2.21. The summed E-state index contributed by atoms with van der Waals surface area (Å²) in [6.45, 7) is 3.40. The van der Waals surface area contributed by atoms with Crippen LogP contribution in [-0.2, 0) is 33.6 Å². The highest BCUT2D eigenvalue weighted by atomic mass is 16.2. The standard InChI is InChI=1S/C22H33N7O7/c1-12-4-5-29-11-20(34)26-9-18(32)24-7-16(30)23-8-17(31)25-10-19(33)27-14(3)21(35)28-15(22(29)36)6-13(12)2/h14-15H,4-11H2,1-3H3,(H,23,30)(H,24,32)(H,25,31)(H,26,34)(H,27,33)(H,28,35)/b13-12-. The van der Waals surface area contributed by atoms with Crippen molar-refractivity contribution in [3.8, 4) is 0 Å². The van der Waals surface area contributed by atoms with Gasteiger partial charge in [0.1, 0.15) is 12.1 Å². The third-order valence-corrected chi connectivity index (χ3v) is 5.81. The van der Waals surface area contributed by atoms with Crippen molar-refractivity contribution in [1.82, 2.24) is 36.8 Å². The van der Waals surface area contributed by atoms with Gasteiger partial charge in [0.25, 0.3) is 0 Å². The van der Waals surface area contributed by atoms with E-state index in [1.54, 1.807) is 0 Å². The number of hydrogen-bond donors (Lipinski definition) is 6. The Morgan fingerprint density at radius 1 is 0.667 bits per heavy atom. The first kappa shape index (κ1) is 28.3. The minimum Gasteiger partial charge on any atom is -0.346 e. The zero-order chi connectivity index (χ0) is 26.8. The monoisotopic (exact) mass is 507 g/mol. The summed E-state index contributed by atoms with van der Waals surface area (Å²) in [5, 5.41) is 14.4. The van der Waals surface area contributed by atoms with Crippen LogP contribution in [0.1, 0.15) is 33.6 Å². The third kappa shape index (κ3) is 9.00. The number of amides is 7. The van der Waals surface area contributed by atoms with E-state index in [2.05, 4.69) is 31.9 Å². The van der Waals surface area contributed by atoms with Crippen LogP contribution in [-0.4, -0.2) is 97.6 Å². The van der Waals surface area contributed by atoms with Crippen molar-refractivity contribution in [2.24, 2.45) is 0 Å². The van der Waals surface area contributed by atoms with E-state index < -0.39 is 79.6 Å². The molecule has 0 spiro atoms. The summed E-state index contributed by atoms with van der Waals surface area (Å²) < 4.78 is 0. The van der Waals surface area contributed by atoms with Gasteiger partial charge in [0.2, 0.25) is 41.4 Å². The summed E-state index contributed by atoms with van der Waals surface area (Å²) in [5.41, 5.74) is 1.95. The zero-order valence-electron chi connectivity index (χ0n) is 20.6. The lowest BCUT2D eigenvalue weighted by Crippen LogP contribution is -2.56. The molecule has 0 saturated carbocycles. The molecule has 2 bridgehead atoms. The molecule has 2 aliphatic rings. The highest BCUT2D eigenvalue weighted by molar-refractivity contribution is 5.95. The van der Waals surface area contributed by atoms with Crippen LogP contribution >= 0.6 is 0 Å². The van der Waals surface area contributed by atoms with Gasteiger partial charge in [0.15, 0.2) is 0 Å². The average Bonchev–Trinajstić information content (AvgIpc) is 2.83. The minimum atomic E-state index is -1.01. The SMILES string of the molecule is C/C1=C(\C)CC2NC(=O)C(C)NC(=O)CNC(=O)CNC(=O)CNC(=O)CNC(=O)CN(CC1)C2=O. The second-order valence-corrected chi connectivity index (χ2v) is 8.73. The highest BCUT2D eigenvalue weighted by Crippen LogP contribution is 2.19. The molecule has 7 amide bonds. The summed E-state index contributed by atoms with van der Waals surface area (Å²) in [4.78, 5) is 87.4. The molecule has 2 atom stereocenters. The molecule has 14 nitrogen and oxygen atoms in total. The summed E-state index contributed by atoms with van der Waals surface area (Å²) in [6, 6.07) is -1.98. The van der Waals surface area contributed by atoms with Gasteiger partial charge in [-0.3, -0.25) is 33.6 Å². The lowest BCUT2D eigenvalue weighted by Gasteiger charge is -2.31. The van der Waals surface area contributed by atoms with Gasteiger partial charge >= 0.3 is 0 Å². The van der Waals surface area contributed by atoms with Crippen molar-refractivity contribution < 1.29 is 33.6 Å². The fourth-order valence-corrected chi connectivity index (χ4v) is 3.47. The van der Waals surface area contributed by atoms with Crippen LogP contribution in [0.25, 0.3) is 0 Å². The van der Waals surface area contributed by atoms with Crippen molar-refractivity contribution in [3.63, 3.8) is 0 Å². The minimum absolute atomic E-state index is 0.231. The number of carbonyl (C=O) groups excluding carboxylic acids is 7. The highest BCUT2D eigenvalue weighted by Gasteiger charge is 2.31. The van der Waals surface area contributed by atoms with Crippen LogP contribution in [0.2, 0.25) is 0 Å². The molecule has 1 fully saturated rings. The first-order chi connectivity index (χ1) is 17.0. The Labute approximate surface area is 208 Å². The van der Waals surface area contributed by atoms with E-state index in [0.717, 1.165) is 11.1 Å². The zero-order valence-corrected chi connectivity index (χ0v) is 20.6. The molecule has 1 saturated heterocycles. The Morgan fingerprint density at radius 3 is 1.72 bits per heavy atom. The van der Waals surface area contributed by atoms with Gasteiger partial charge in [-0.05, 0) is 33.6 Å². The van der Waals surface area contributed by atoms with E-state index in [9.17, 15) is 33.6 Å². The Morgan fingerprint density at radius 2 is 1.17 bits per heavy atom. The number of carbonyl (C=O) groups is 7. The van der Waals surface area contributed by atoms with E-state index in [4.69, 9.17) is 0 Å². The molecule has 198 valence electrons. The Hall–Kier alpha value is -3.97. The molecular formula is C22H33N7O7. The fraction of sp³-hybridized carbons (Fsp3) is 0.591. The van der Waals surface area contributed by atoms with Crippen LogP contribution in [0.4, 0.5) is 0 Å². The largest absolute Gasteiger partial charge is 0.346 e. The second kappa shape index (κ2) is 13.2. The smallest absolute Gasteiger partial charge is 0.245 e. The van der Waals surface area contributed by atoms with Crippen LogP contribution in [0.15, 0.2) is 11.1 Å². The maximum atomic E-state index is 13.2. The summed E-state index contributed by atoms with van der Waals surface area (Å²) in [7, 11) is 0. The predicted octanol–water partition coefficient (Wildman–Crippen LogP) is -3.59.